The average Bonchev–Trinajstić information content (AvgIpc) is 2.93. The molecule has 2 amide bonds. The number of amides is 2. The quantitative estimate of drug-likeness (QED) is 0.804. The Bertz CT molecular complexity index is 679. The Kier molecular flexibility index (Phi) is 6.19. The molecule has 1 fully saturated rings. The highest BCUT2D eigenvalue weighted by atomic mass is 19.2. The van der Waals surface area contributed by atoms with E-state index in [1.54, 1.807) is 0 Å². The van der Waals surface area contributed by atoms with Gasteiger partial charge in [-0.05, 0) is 30.5 Å². The van der Waals surface area contributed by atoms with Crippen LogP contribution in [-0.2, 0) is 14.3 Å². The van der Waals surface area contributed by atoms with Crippen molar-refractivity contribution in [3.8, 4) is 0 Å². The minimum Gasteiger partial charge on any atom is -0.371 e. The molecule has 8 heteroatoms. The molecule has 2 N–H and O–H groups in total. The summed E-state index contributed by atoms with van der Waals surface area (Å²) in [6.07, 6.45) is 0.322. The molecular weight excluding hydrogens is 334 g/mol. The third-order valence-electron chi connectivity index (χ3n) is 3.74. The lowest BCUT2D eigenvalue weighted by Gasteiger charge is -2.21. The van der Waals surface area contributed by atoms with Gasteiger partial charge in [-0.15, -0.1) is 0 Å². The Morgan fingerprint density at radius 3 is 2.56 bits per heavy atom. The summed E-state index contributed by atoms with van der Waals surface area (Å²) in [4.78, 5) is 36.2. The van der Waals surface area contributed by atoms with Crippen molar-refractivity contribution < 1.29 is 27.9 Å². The minimum absolute atomic E-state index is 0.0546. The summed E-state index contributed by atoms with van der Waals surface area (Å²) < 4.78 is 31.2. The summed E-state index contributed by atoms with van der Waals surface area (Å²) in [5, 5.41) is 5.06. The van der Waals surface area contributed by atoms with Crippen molar-refractivity contribution in [2.45, 2.75) is 32.4 Å². The van der Waals surface area contributed by atoms with Crippen molar-refractivity contribution in [2.24, 2.45) is 5.92 Å². The van der Waals surface area contributed by atoms with Gasteiger partial charge in [0.15, 0.2) is 17.4 Å². The molecule has 0 radical (unpaired) electrons. The number of halogens is 2. The van der Waals surface area contributed by atoms with E-state index in [0.717, 1.165) is 18.2 Å². The number of rotatable bonds is 6. The zero-order chi connectivity index (χ0) is 18.6. The number of ether oxygens (including phenoxy) is 1. The van der Waals surface area contributed by atoms with Crippen LogP contribution >= 0.6 is 0 Å². The first-order chi connectivity index (χ1) is 11.8. The lowest BCUT2D eigenvalue weighted by atomic mass is 10.0. The zero-order valence-electron chi connectivity index (χ0n) is 14.0. The molecule has 1 saturated heterocycles. The van der Waals surface area contributed by atoms with Crippen LogP contribution in [0.3, 0.4) is 0 Å². The van der Waals surface area contributed by atoms with Crippen molar-refractivity contribution in [2.75, 3.05) is 13.2 Å². The summed E-state index contributed by atoms with van der Waals surface area (Å²) in [5.41, 5.74) is -0.0965. The normalized spacial score (nSPS) is 18.3. The summed E-state index contributed by atoms with van der Waals surface area (Å²) >= 11 is 0. The van der Waals surface area contributed by atoms with Gasteiger partial charge in [0.1, 0.15) is 18.7 Å². The highest BCUT2D eigenvalue weighted by Gasteiger charge is 2.30. The maximum Gasteiger partial charge on any atom is 0.252 e. The number of nitrogens with one attached hydrogen (secondary N) is 2. The predicted molar refractivity (Wildman–Crippen MR) is 84.8 cm³/mol. The van der Waals surface area contributed by atoms with E-state index in [9.17, 15) is 23.2 Å². The molecule has 6 nitrogen and oxygen atoms in total. The van der Waals surface area contributed by atoms with Crippen LogP contribution in [0.5, 0.6) is 0 Å². The molecular formula is C17H20F2N2O4. The summed E-state index contributed by atoms with van der Waals surface area (Å²) in [6, 6.07) is 1.10. The fourth-order valence-electron chi connectivity index (χ4n) is 2.45. The van der Waals surface area contributed by atoms with Gasteiger partial charge in [-0.25, -0.2) is 8.78 Å². The van der Waals surface area contributed by atoms with Gasteiger partial charge in [-0.3, -0.25) is 14.4 Å². The molecule has 136 valence electrons. The Hall–Kier alpha value is -2.35. The fraction of sp³-hybridized carbons (Fsp3) is 0.471. The van der Waals surface area contributed by atoms with E-state index in [-0.39, 0.29) is 30.5 Å². The lowest BCUT2D eigenvalue weighted by Crippen LogP contribution is -2.52. The highest BCUT2D eigenvalue weighted by Crippen LogP contribution is 2.11. The molecule has 1 aliphatic heterocycles. The van der Waals surface area contributed by atoms with Gasteiger partial charge in [-0.1, -0.05) is 13.8 Å². The number of Topliss-reactive ketones (excluding diaryl/α,β-unsaturated/α-hetero) is 1. The number of carbonyl (C=O) groups is 3. The maximum atomic E-state index is 13.3. The van der Waals surface area contributed by atoms with E-state index in [4.69, 9.17) is 4.74 Å². The lowest BCUT2D eigenvalue weighted by molar-refractivity contribution is -0.127. The van der Waals surface area contributed by atoms with E-state index in [1.165, 1.54) is 0 Å². The molecule has 1 aromatic rings. The fourth-order valence-corrected chi connectivity index (χ4v) is 2.45. The molecule has 0 spiro atoms. The minimum atomic E-state index is -1.15. The zero-order valence-corrected chi connectivity index (χ0v) is 14.0. The molecule has 2 atom stereocenters. The highest BCUT2D eigenvalue weighted by molar-refractivity contribution is 5.98. The van der Waals surface area contributed by atoms with E-state index in [1.807, 2.05) is 13.8 Å². The van der Waals surface area contributed by atoms with Gasteiger partial charge < -0.3 is 15.4 Å². The molecule has 1 aliphatic rings. The van der Waals surface area contributed by atoms with E-state index in [2.05, 4.69) is 10.6 Å². The Morgan fingerprint density at radius 1 is 1.28 bits per heavy atom. The first kappa shape index (κ1) is 19.0. The van der Waals surface area contributed by atoms with E-state index in [0.29, 0.717) is 6.42 Å². The van der Waals surface area contributed by atoms with E-state index >= 15 is 0 Å². The first-order valence-electron chi connectivity index (χ1n) is 7.94. The molecule has 0 aliphatic carbocycles. The second kappa shape index (κ2) is 8.15. The second-order valence-electron chi connectivity index (χ2n) is 6.33. The standard InChI is InChI=1S/C17H20F2N2O4/c1-9(2)5-13(17(24)21-14-7-25-8-15(14)22)20-16(23)10-3-4-11(18)12(19)6-10/h3-4,6,9,13-14H,5,7-8H2,1-2H3,(H,20,23)(H,21,24)/t13-,14?/m0/s1. The number of hydrogen-bond donors (Lipinski definition) is 2. The third-order valence-corrected chi connectivity index (χ3v) is 3.74. The SMILES string of the molecule is CC(C)C[C@H](NC(=O)c1ccc(F)c(F)c1)C(=O)NC1COCC1=O. The van der Waals surface area contributed by atoms with Crippen LogP contribution in [-0.4, -0.2) is 42.9 Å². The summed E-state index contributed by atoms with van der Waals surface area (Å²) in [7, 11) is 0. The van der Waals surface area contributed by atoms with Crippen LogP contribution in [0, 0.1) is 17.6 Å². The monoisotopic (exact) mass is 354 g/mol. The van der Waals surface area contributed by atoms with Crippen molar-refractivity contribution in [3.63, 3.8) is 0 Å². The Labute approximate surface area is 143 Å². The molecule has 25 heavy (non-hydrogen) atoms. The van der Waals surface area contributed by atoms with Gasteiger partial charge >= 0.3 is 0 Å². The molecule has 0 saturated carbocycles. The largest absolute Gasteiger partial charge is 0.371 e. The molecule has 2 rings (SSSR count). The second-order valence-corrected chi connectivity index (χ2v) is 6.33. The van der Waals surface area contributed by atoms with Crippen molar-refractivity contribution in [1.29, 1.82) is 0 Å². The van der Waals surface area contributed by atoms with Crippen LogP contribution in [0.1, 0.15) is 30.6 Å². The number of ketones is 1. The molecule has 1 unspecified atom stereocenters. The number of hydrogen-bond acceptors (Lipinski definition) is 4. The van der Waals surface area contributed by atoms with E-state index < -0.39 is 35.5 Å². The first-order valence-corrected chi connectivity index (χ1v) is 7.94. The topological polar surface area (TPSA) is 84.5 Å². The number of benzene rings is 1. The molecule has 0 bridgehead atoms. The average molecular weight is 354 g/mol. The summed E-state index contributed by atoms with van der Waals surface area (Å²) in [5.74, 6) is -3.58. The van der Waals surface area contributed by atoms with Gasteiger partial charge in [0.2, 0.25) is 5.91 Å². The van der Waals surface area contributed by atoms with Crippen LogP contribution in [0.15, 0.2) is 18.2 Å². The maximum absolute atomic E-state index is 13.3. The van der Waals surface area contributed by atoms with Crippen LogP contribution in [0.4, 0.5) is 8.78 Å². The van der Waals surface area contributed by atoms with Gasteiger partial charge in [0.05, 0.1) is 6.61 Å². The van der Waals surface area contributed by atoms with Crippen molar-refractivity contribution in [1.82, 2.24) is 10.6 Å². The van der Waals surface area contributed by atoms with Gasteiger partial charge in [-0.2, -0.15) is 0 Å². The predicted octanol–water partition coefficient (Wildman–Crippen LogP) is 1.19. The van der Waals surface area contributed by atoms with Crippen molar-refractivity contribution in [3.05, 3.63) is 35.4 Å². The van der Waals surface area contributed by atoms with Crippen molar-refractivity contribution >= 4 is 17.6 Å². The van der Waals surface area contributed by atoms with Crippen LogP contribution in [0.25, 0.3) is 0 Å². The Balaban J connectivity index is 2.07. The van der Waals surface area contributed by atoms with Gasteiger partial charge in [0, 0.05) is 5.56 Å². The summed E-state index contributed by atoms with van der Waals surface area (Å²) in [6.45, 7) is 3.78. The van der Waals surface area contributed by atoms with Gasteiger partial charge in [0.25, 0.3) is 5.91 Å². The molecule has 1 heterocycles. The van der Waals surface area contributed by atoms with Crippen LogP contribution in [0.2, 0.25) is 0 Å². The van der Waals surface area contributed by atoms with Crippen LogP contribution < -0.4 is 10.6 Å². The third kappa shape index (κ3) is 5.06. The molecule has 0 aromatic heterocycles. The molecule has 1 aromatic carbocycles. The smallest absolute Gasteiger partial charge is 0.252 e. The Morgan fingerprint density at radius 2 is 2.00 bits per heavy atom. The number of carbonyl (C=O) groups excluding carboxylic acids is 3.